The van der Waals surface area contributed by atoms with Crippen LogP contribution >= 0.6 is 11.6 Å². The zero-order valence-corrected chi connectivity index (χ0v) is 16.7. The molecule has 2 aromatic carbocycles. The molecule has 7 heteroatoms. The standard InChI is InChI=1S/C21H23ClN2O4/c1-3-24(4-2)21(26)14-6-8-16(9-7-14)23-20(25)15-12-17(22)19-18(13-15)27-10-5-11-28-19/h6-9,12-13H,3-5,10-11H2,1-2H3,(H,23,25). The number of hydrogen-bond donors (Lipinski definition) is 1. The maximum atomic E-state index is 12.6. The fraction of sp³-hybridized carbons (Fsp3) is 0.333. The Morgan fingerprint density at radius 3 is 2.39 bits per heavy atom. The maximum Gasteiger partial charge on any atom is 0.255 e. The highest BCUT2D eigenvalue weighted by molar-refractivity contribution is 6.32. The van der Waals surface area contributed by atoms with E-state index in [2.05, 4.69) is 5.32 Å². The van der Waals surface area contributed by atoms with Crippen LogP contribution in [-0.4, -0.2) is 43.0 Å². The van der Waals surface area contributed by atoms with Crippen molar-refractivity contribution in [1.29, 1.82) is 0 Å². The molecule has 6 nitrogen and oxygen atoms in total. The van der Waals surface area contributed by atoms with Gasteiger partial charge in [0, 0.05) is 36.3 Å². The van der Waals surface area contributed by atoms with Gasteiger partial charge in [-0.25, -0.2) is 0 Å². The Hall–Kier alpha value is -2.73. The Bertz CT molecular complexity index is 863. The van der Waals surface area contributed by atoms with Gasteiger partial charge in [-0.3, -0.25) is 9.59 Å². The topological polar surface area (TPSA) is 67.9 Å². The van der Waals surface area contributed by atoms with Crippen LogP contribution in [0.2, 0.25) is 5.02 Å². The number of benzene rings is 2. The third-order valence-corrected chi connectivity index (χ3v) is 4.79. The summed E-state index contributed by atoms with van der Waals surface area (Å²) in [5.74, 6) is 0.586. The molecule has 0 unspecified atom stereocenters. The van der Waals surface area contributed by atoms with Crippen molar-refractivity contribution in [3.63, 3.8) is 0 Å². The zero-order valence-electron chi connectivity index (χ0n) is 16.0. The van der Waals surface area contributed by atoms with Gasteiger partial charge in [0.25, 0.3) is 11.8 Å². The molecule has 0 spiro atoms. The average molecular weight is 403 g/mol. The lowest BCUT2D eigenvalue weighted by Gasteiger charge is -2.18. The van der Waals surface area contributed by atoms with Crippen LogP contribution in [0.25, 0.3) is 0 Å². The number of halogens is 1. The lowest BCUT2D eigenvalue weighted by Crippen LogP contribution is -2.30. The molecule has 0 fully saturated rings. The third kappa shape index (κ3) is 4.39. The van der Waals surface area contributed by atoms with Crippen molar-refractivity contribution >= 4 is 29.1 Å². The van der Waals surface area contributed by atoms with E-state index in [9.17, 15) is 9.59 Å². The van der Waals surface area contributed by atoms with Crippen molar-refractivity contribution in [1.82, 2.24) is 4.90 Å². The second-order valence-electron chi connectivity index (χ2n) is 6.34. The number of rotatable bonds is 5. The molecular formula is C21H23ClN2O4. The van der Waals surface area contributed by atoms with Crippen LogP contribution in [-0.2, 0) is 0 Å². The Morgan fingerprint density at radius 2 is 1.71 bits per heavy atom. The molecule has 1 aliphatic rings. The van der Waals surface area contributed by atoms with Crippen molar-refractivity contribution in [2.75, 3.05) is 31.6 Å². The summed E-state index contributed by atoms with van der Waals surface area (Å²) in [4.78, 5) is 26.7. The predicted octanol–water partition coefficient (Wildman–Crippen LogP) is 4.24. The van der Waals surface area contributed by atoms with Gasteiger partial charge < -0.3 is 19.7 Å². The highest BCUT2D eigenvalue weighted by atomic mass is 35.5. The molecule has 0 radical (unpaired) electrons. The maximum absolute atomic E-state index is 12.6. The molecule has 0 aromatic heterocycles. The molecule has 0 saturated heterocycles. The number of nitrogens with one attached hydrogen (secondary N) is 1. The van der Waals surface area contributed by atoms with E-state index in [0.29, 0.717) is 59.6 Å². The van der Waals surface area contributed by atoms with Crippen molar-refractivity contribution in [3.8, 4) is 11.5 Å². The van der Waals surface area contributed by atoms with Crippen LogP contribution in [0.4, 0.5) is 5.69 Å². The normalized spacial score (nSPS) is 12.8. The first-order valence-electron chi connectivity index (χ1n) is 9.33. The first-order valence-corrected chi connectivity index (χ1v) is 9.71. The minimum Gasteiger partial charge on any atom is -0.489 e. The van der Waals surface area contributed by atoms with Crippen LogP contribution in [0.3, 0.4) is 0 Å². The second-order valence-corrected chi connectivity index (χ2v) is 6.75. The van der Waals surface area contributed by atoms with Crippen molar-refractivity contribution in [2.45, 2.75) is 20.3 Å². The molecule has 1 aliphatic heterocycles. The molecule has 1 N–H and O–H groups in total. The summed E-state index contributed by atoms with van der Waals surface area (Å²) < 4.78 is 11.2. The number of nitrogens with zero attached hydrogens (tertiary/aromatic N) is 1. The molecule has 0 atom stereocenters. The predicted molar refractivity (Wildman–Crippen MR) is 109 cm³/mol. The van der Waals surface area contributed by atoms with Gasteiger partial charge in [0.05, 0.1) is 18.2 Å². The molecular weight excluding hydrogens is 380 g/mol. The van der Waals surface area contributed by atoms with E-state index < -0.39 is 0 Å². The fourth-order valence-corrected chi connectivity index (χ4v) is 3.22. The van der Waals surface area contributed by atoms with Gasteiger partial charge in [-0.05, 0) is 50.2 Å². The Morgan fingerprint density at radius 1 is 1.04 bits per heavy atom. The lowest BCUT2D eigenvalue weighted by atomic mass is 10.1. The quantitative estimate of drug-likeness (QED) is 0.812. The molecule has 2 amide bonds. The van der Waals surface area contributed by atoms with E-state index in [1.165, 1.54) is 0 Å². The largest absolute Gasteiger partial charge is 0.489 e. The highest BCUT2D eigenvalue weighted by Crippen LogP contribution is 2.38. The molecule has 1 heterocycles. The molecule has 2 aromatic rings. The monoisotopic (exact) mass is 402 g/mol. The number of carbonyl (C=O) groups is 2. The average Bonchev–Trinajstić information content (AvgIpc) is 2.95. The third-order valence-electron chi connectivity index (χ3n) is 4.50. The van der Waals surface area contributed by atoms with Crippen LogP contribution in [0.15, 0.2) is 36.4 Å². The fourth-order valence-electron chi connectivity index (χ4n) is 2.95. The molecule has 3 rings (SSSR count). The van der Waals surface area contributed by atoms with Crippen molar-refractivity contribution < 1.29 is 19.1 Å². The summed E-state index contributed by atoms with van der Waals surface area (Å²) in [5, 5.41) is 3.15. The van der Waals surface area contributed by atoms with E-state index in [0.717, 1.165) is 6.42 Å². The summed E-state index contributed by atoms with van der Waals surface area (Å²) in [6.07, 6.45) is 0.755. The minimum atomic E-state index is -0.319. The lowest BCUT2D eigenvalue weighted by molar-refractivity contribution is 0.0773. The zero-order chi connectivity index (χ0) is 20.1. The number of fused-ring (bicyclic) bond motifs is 1. The van der Waals surface area contributed by atoms with E-state index in [1.807, 2.05) is 13.8 Å². The van der Waals surface area contributed by atoms with E-state index in [4.69, 9.17) is 21.1 Å². The highest BCUT2D eigenvalue weighted by Gasteiger charge is 2.19. The van der Waals surface area contributed by atoms with Crippen LogP contribution in [0.1, 0.15) is 41.0 Å². The first kappa shape index (κ1) is 20.0. The summed E-state index contributed by atoms with van der Waals surface area (Å²) >= 11 is 6.25. The van der Waals surface area contributed by atoms with Gasteiger partial charge in [0.15, 0.2) is 11.5 Å². The number of amides is 2. The summed E-state index contributed by atoms with van der Waals surface area (Å²) in [5.41, 5.74) is 1.54. The van der Waals surface area contributed by atoms with Crippen LogP contribution in [0, 0.1) is 0 Å². The van der Waals surface area contributed by atoms with E-state index in [1.54, 1.807) is 41.3 Å². The minimum absolute atomic E-state index is 0.0300. The number of carbonyl (C=O) groups excluding carboxylic acids is 2. The van der Waals surface area contributed by atoms with Gasteiger partial charge in [0.2, 0.25) is 0 Å². The Kier molecular flexibility index (Phi) is 6.41. The number of anilines is 1. The first-order chi connectivity index (χ1) is 13.5. The van der Waals surface area contributed by atoms with Gasteiger partial charge in [-0.1, -0.05) is 11.6 Å². The summed E-state index contributed by atoms with van der Waals surface area (Å²) in [6.45, 7) is 6.22. The van der Waals surface area contributed by atoms with E-state index >= 15 is 0 Å². The second kappa shape index (κ2) is 8.97. The SMILES string of the molecule is CCN(CC)C(=O)c1ccc(NC(=O)c2cc(Cl)c3c(c2)OCCCO3)cc1. The van der Waals surface area contributed by atoms with Gasteiger partial charge in [-0.2, -0.15) is 0 Å². The summed E-state index contributed by atoms with van der Waals surface area (Å²) in [7, 11) is 0. The molecule has 0 bridgehead atoms. The van der Waals surface area contributed by atoms with Gasteiger partial charge in [-0.15, -0.1) is 0 Å². The van der Waals surface area contributed by atoms with Gasteiger partial charge in [0.1, 0.15) is 0 Å². The van der Waals surface area contributed by atoms with Crippen LogP contribution < -0.4 is 14.8 Å². The number of ether oxygens (including phenoxy) is 2. The van der Waals surface area contributed by atoms with E-state index in [-0.39, 0.29) is 11.8 Å². The smallest absolute Gasteiger partial charge is 0.255 e. The van der Waals surface area contributed by atoms with Crippen molar-refractivity contribution in [2.24, 2.45) is 0 Å². The molecule has 148 valence electrons. The number of hydrogen-bond acceptors (Lipinski definition) is 4. The van der Waals surface area contributed by atoms with Gasteiger partial charge >= 0.3 is 0 Å². The van der Waals surface area contributed by atoms with Crippen LogP contribution in [0.5, 0.6) is 11.5 Å². The Balaban J connectivity index is 1.74. The molecule has 28 heavy (non-hydrogen) atoms. The molecule has 0 saturated carbocycles. The Labute approximate surface area is 169 Å². The van der Waals surface area contributed by atoms with Crippen molar-refractivity contribution in [3.05, 3.63) is 52.5 Å². The summed E-state index contributed by atoms with van der Waals surface area (Å²) in [6, 6.07) is 10.0. The molecule has 0 aliphatic carbocycles.